The van der Waals surface area contributed by atoms with E-state index in [-0.39, 0.29) is 11.4 Å². The lowest BCUT2D eigenvalue weighted by atomic mass is 10.0. The normalized spacial score (nSPS) is 18.8. The molecule has 1 saturated heterocycles. The molecule has 0 radical (unpaired) electrons. The zero-order valence-electron chi connectivity index (χ0n) is 20.5. The van der Waals surface area contributed by atoms with E-state index in [1.807, 2.05) is 26.0 Å². The molecule has 188 valence electrons. The summed E-state index contributed by atoms with van der Waals surface area (Å²) in [5.41, 5.74) is 2.78. The van der Waals surface area contributed by atoms with E-state index in [4.69, 9.17) is 0 Å². The zero-order chi connectivity index (χ0) is 24.3. The Hall–Kier alpha value is -1.09. The highest BCUT2D eigenvalue weighted by Gasteiger charge is 2.48. The largest absolute Gasteiger partial charge is 0.289 e. The molecule has 1 aromatic carbocycles. The first-order chi connectivity index (χ1) is 15.7. The Labute approximate surface area is 204 Å². The standard InChI is InChI=1S/C25H42N2O4S2/c1-4-5-6-7-8-9-10-11-12-13-14-21-15-17-22(18-16-21)33(30,31)27-19-20-32-25(2,3)23(27)24(28)26-29/h15-18,23,29H,4-14,19-20H2,1-3H3,(H,26,28). The van der Waals surface area contributed by atoms with Gasteiger partial charge in [-0.15, -0.1) is 0 Å². The Morgan fingerprint density at radius 3 is 2.12 bits per heavy atom. The van der Waals surface area contributed by atoms with Crippen molar-refractivity contribution in [2.45, 2.75) is 107 Å². The second-order valence-electron chi connectivity index (χ2n) is 9.52. The van der Waals surface area contributed by atoms with Crippen LogP contribution in [-0.2, 0) is 21.2 Å². The van der Waals surface area contributed by atoms with E-state index in [1.54, 1.807) is 17.6 Å². The number of hydroxylamine groups is 1. The molecule has 1 aromatic rings. The van der Waals surface area contributed by atoms with E-state index in [1.165, 1.54) is 73.9 Å². The molecule has 6 nitrogen and oxygen atoms in total. The number of hydrogen-bond donors (Lipinski definition) is 2. The van der Waals surface area contributed by atoms with Gasteiger partial charge in [-0.05, 0) is 44.4 Å². The molecule has 2 N–H and O–H groups in total. The third kappa shape index (κ3) is 8.26. The van der Waals surface area contributed by atoms with Crippen LogP contribution in [0.3, 0.4) is 0 Å². The lowest BCUT2D eigenvalue weighted by Crippen LogP contribution is -2.61. The molecule has 1 heterocycles. The summed E-state index contributed by atoms with van der Waals surface area (Å²) in [5, 5.41) is 9.17. The quantitative estimate of drug-likeness (QED) is 0.200. The van der Waals surface area contributed by atoms with E-state index in [0.717, 1.165) is 18.4 Å². The monoisotopic (exact) mass is 498 g/mol. The van der Waals surface area contributed by atoms with Crippen molar-refractivity contribution < 1.29 is 18.4 Å². The van der Waals surface area contributed by atoms with Gasteiger partial charge in [0.25, 0.3) is 5.91 Å². The summed E-state index contributed by atoms with van der Waals surface area (Å²) in [5.74, 6) is -0.105. The van der Waals surface area contributed by atoms with Gasteiger partial charge in [0.1, 0.15) is 6.04 Å². The van der Waals surface area contributed by atoms with Crippen molar-refractivity contribution in [3.8, 4) is 0 Å². The van der Waals surface area contributed by atoms with Gasteiger partial charge in [0.15, 0.2) is 0 Å². The Morgan fingerprint density at radius 1 is 1.03 bits per heavy atom. The number of nitrogens with zero attached hydrogens (tertiary/aromatic N) is 1. The lowest BCUT2D eigenvalue weighted by Gasteiger charge is -2.43. The molecule has 8 heteroatoms. The predicted octanol–water partition coefficient (Wildman–Crippen LogP) is 5.54. The summed E-state index contributed by atoms with van der Waals surface area (Å²) in [6, 6.07) is 6.07. The number of aryl methyl sites for hydroxylation is 1. The van der Waals surface area contributed by atoms with Crippen LogP contribution in [0.5, 0.6) is 0 Å². The van der Waals surface area contributed by atoms with Crippen LogP contribution < -0.4 is 5.48 Å². The minimum absolute atomic E-state index is 0.188. The molecule has 0 bridgehead atoms. The highest BCUT2D eigenvalue weighted by molar-refractivity contribution is 8.00. The molecule has 1 aliphatic rings. The molecular weight excluding hydrogens is 456 g/mol. The average Bonchev–Trinajstić information content (AvgIpc) is 2.79. The molecule has 1 unspecified atom stereocenters. The molecule has 0 saturated carbocycles. The molecule has 1 amide bonds. The minimum Gasteiger partial charge on any atom is -0.289 e. The maximum atomic E-state index is 13.3. The predicted molar refractivity (Wildman–Crippen MR) is 136 cm³/mol. The van der Waals surface area contributed by atoms with Gasteiger partial charge < -0.3 is 0 Å². The SMILES string of the molecule is CCCCCCCCCCCCc1ccc(S(=O)(=O)N2CCSC(C)(C)C2C(=O)NO)cc1. The summed E-state index contributed by atoms with van der Waals surface area (Å²) in [6.45, 7) is 6.13. The molecule has 1 atom stereocenters. The molecule has 33 heavy (non-hydrogen) atoms. The number of carbonyl (C=O) groups is 1. The molecular formula is C25H42N2O4S2. The minimum atomic E-state index is -3.85. The highest BCUT2D eigenvalue weighted by atomic mass is 32.2. The zero-order valence-corrected chi connectivity index (χ0v) is 22.1. The fourth-order valence-electron chi connectivity index (χ4n) is 4.50. The molecule has 0 aromatic heterocycles. The molecule has 0 aliphatic carbocycles. The molecule has 2 rings (SSSR count). The van der Waals surface area contributed by atoms with Crippen molar-refractivity contribution in [2.24, 2.45) is 0 Å². The fraction of sp³-hybridized carbons (Fsp3) is 0.720. The second-order valence-corrected chi connectivity index (χ2v) is 13.2. The average molecular weight is 499 g/mol. The number of amides is 1. The number of hydrogen-bond acceptors (Lipinski definition) is 5. The third-order valence-corrected chi connectivity index (χ3v) is 9.67. The lowest BCUT2D eigenvalue weighted by molar-refractivity contribution is -0.134. The van der Waals surface area contributed by atoms with Crippen molar-refractivity contribution in [1.82, 2.24) is 9.79 Å². The summed E-state index contributed by atoms with van der Waals surface area (Å²) in [7, 11) is -3.85. The Morgan fingerprint density at radius 2 is 1.58 bits per heavy atom. The maximum absolute atomic E-state index is 13.3. The number of thioether (sulfide) groups is 1. The number of carbonyl (C=O) groups excluding carboxylic acids is 1. The van der Waals surface area contributed by atoms with E-state index in [2.05, 4.69) is 6.92 Å². The summed E-state index contributed by atoms with van der Waals surface area (Å²) in [6.07, 6.45) is 13.9. The van der Waals surface area contributed by atoms with Gasteiger partial charge in [0.05, 0.1) is 4.90 Å². The van der Waals surface area contributed by atoms with Gasteiger partial charge in [-0.3, -0.25) is 10.0 Å². The summed E-state index contributed by atoms with van der Waals surface area (Å²) < 4.78 is 27.2. The number of sulfonamides is 1. The Balaban J connectivity index is 1.86. The van der Waals surface area contributed by atoms with Crippen LogP contribution in [0.1, 0.15) is 90.5 Å². The number of nitrogens with one attached hydrogen (secondary N) is 1. The van der Waals surface area contributed by atoms with Crippen molar-refractivity contribution in [3.63, 3.8) is 0 Å². The number of rotatable bonds is 14. The van der Waals surface area contributed by atoms with Gasteiger partial charge in [-0.25, -0.2) is 13.9 Å². The second kappa shape index (κ2) is 13.7. The molecule has 0 spiro atoms. The van der Waals surface area contributed by atoms with Crippen molar-refractivity contribution in [2.75, 3.05) is 12.3 Å². The van der Waals surface area contributed by atoms with E-state index < -0.39 is 26.7 Å². The first-order valence-corrected chi connectivity index (χ1v) is 14.9. The Kier molecular flexibility index (Phi) is 11.7. The fourth-order valence-corrected chi connectivity index (χ4v) is 7.61. The van der Waals surface area contributed by atoms with Crippen molar-refractivity contribution in [1.29, 1.82) is 0 Å². The van der Waals surface area contributed by atoms with Gasteiger partial charge in [0, 0.05) is 17.0 Å². The van der Waals surface area contributed by atoms with Crippen LogP contribution in [0.25, 0.3) is 0 Å². The van der Waals surface area contributed by atoms with Crippen LogP contribution in [0.4, 0.5) is 0 Å². The van der Waals surface area contributed by atoms with Gasteiger partial charge in [0.2, 0.25) is 10.0 Å². The first-order valence-electron chi connectivity index (χ1n) is 12.4. The first kappa shape index (κ1) is 28.1. The summed E-state index contributed by atoms with van der Waals surface area (Å²) >= 11 is 1.53. The van der Waals surface area contributed by atoms with E-state index in [9.17, 15) is 18.4 Å². The number of benzene rings is 1. The molecule has 1 fully saturated rings. The summed E-state index contributed by atoms with van der Waals surface area (Å²) in [4.78, 5) is 12.5. The maximum Gasteiger partial charge on any atom is 0.263 e. The molecule has 1 aliphatic heterocycles. The van der Waals surface area contributed by atoms with E-state index in [0.29, 0.717) is 5.75 Å². The van der Waals surface area contributed by atoms with Gasteiger partial charge in [-0.1, -0.05) is 76.8 Å². The van der Waals surface area contributed by atoms with Gasteiger partial charge >= 0.3 is 0 Å². The van der Waals surface area contributed by atoms with Crippen molar-refractivity contribution in [3.05, 3.63) is 29.8 Å². The third-order valence-electron chi connectivity index (χ3n) is 6.44. The van der Waals surface area contributed by atoms with Crippen LogP contribution in [0.15, 0.2) is 29.2 Å². The highest BCUT2D eigenvalue weighted by Crippen LogP contribution is 2.38. The van der Waals surface area contributed by atoms with Crippen LogP contribution in [-0.4, -0.2) is 46.9 Å². The van der Waals surface area contributed by atoms with Gasteiger partial charge in [-0.2, -0.15) is 16.1 Å². The van der Waals surface area contributed by atoms with Crippen LogP contribution in [0, 0.1) is 0 Å². The smallest absolute Gasteiger partial charge is 0.263 e. The topological polar surface area (TPSA) is 86.7 Å². The number of unbranched alkanes of at least 4 members (excludes halogenated alkanes) is 9. The Bertz CT molecular complexity index is 825. The van der Waals surface area contributed by atoms with Crippen LogP contribution >= 0.6 is 11.8 Å². The van der Waals surface area contributed by atoms with Crippen LogP contribution in [0.2, 0.25) is 0 Å². The van der Waals surface area contributed by atoms with E-state index >= 15 is 0 Å². The van der Waals surface area contributed by atoms with Crippen molar-refractivity contribution >= 4 is 27.7 Å².